The maximum absolute atomic E-state index is 11.8. The molecule has 4 nitrogen and oxygen atoms in total. The van der Waals surface area contributed by atoms with Crippen molar-refractivity contribution in [2.75, 3.05) is 6.54 Å². The van der Waals surface area contributed by atoms with Crippen molar-refractivity contribution in [1.82, 2.24) is 10.6 Å². The molecule has 0 spiro atoms. The van der Waals surface area contributed by atoms with E-state index in [-0.39, 0.29) is 11.4 Å². The number of amides is 1. The van der Waals surface area contributed by atoms with Gasteiger partial charge in [0.1, 0.15) is 5.76 Å². The van der Waals surface area contributed by atoms with Crippen molar-refractivity contribution in [3.05, 3.63) is 24.2 Å². The molecule has 19 heavy (non-hydrogen) atoms. The number of hydrogen-bond donors (Lipinski definition) is 2. The third-order valence-corrected chi connectivity index (χ3v) is 3.38. The van der Waals surface area contributed by atoms with Gasteiger partial charge < -0.3 is 15.1 Å². The highest BCUT2D eigenvalue weighted by Crippen LogP contribution is 2.07. The van der Waals surface area contributed by atoms with Crippen molar-refractivity contribution in [2.45, 2.75) is 58.5 Å². The van der Waals surface area contributed by atoms with Crippen LogP contribution < -0.4 is 10.6 Å². The third-order valence-electron chi connectivity index (χ3n) is 3.38. The molecule has 1 heterocycles. The molecule has 1 amide bonds. The summed E-state index contributed by atoms with van der Waals surface area (Å²) in [6.07, 6.45) is 4.46. The zero-order valence-electron chi connectivity index (χ0n) is 12.5. The second-order valence-corrected chi connectivity index (χ2v) is 5.69. The fourth-order valence-corrected chi connectivity index (χ4v) is 1.69. The Bertz CT molecular complexity index is 372. The smallest absolute Gasteiger partial charge is 0.234 e. The molecule has 1 unspecified atom stereocenters. The highest BCUT2D eigenvalue weighted by atomic mass is 16.3. The first-order chi connectivity index (χ1) is 8.93. The fraction of sp³-hybridized carbons (Fsp3) is 0.667. The van der Waals surface area contributed by atoms with Crippen molar-refractivity contribution < 1.29 is 9.21 Å². The molecule has 1 aromatic heterocycles. The van der Waals surface area contributed by atoms with Crippen LogP contribution in [0.1, 0.15) is 46.3 Å². The van der Waals surface area contributed by atoms with Crippen LogP contribution in [0, 0.1) is 0 Å². The van der Waals surface area contributed by atoms with Crippen molar-refractivity contribution in [2.24, 2.45) is 0 Å². The second-order valence-electron chi connectivity index (χ2n) is 5.69. The molecule has 0 bridgehead atoms. The van der Waals surface area contributed by atoms with Crippen LogP contribution in [0.25, 0.3) is 0 Å². The minimum atomic E-state index is -0.129. The van der Waals surface area contributed by atoms with E-state index in [0.717, 1.165) is 25.0 Å². The van der Waals surface area contributed by atoms with Crippen molar-refractivity contribution >= 4 is 5.91 Å². The third kappa shape index (κ3) is 6.43. The second kappa shape index (κ2) is 7.34. The highest BCUT2D eigenvalue weighted by molar-refractivity contribution is 5.78. The lowest BCUT2D eigenvalue weighted by atomic mass is 10.0. The van der Waals surface area contributed by atoms with Gasteiger partial charge in [-0.05, 0) is 45.7 Å². The van der Waals surface area contributed by atoms with Crippen LogP contribution in [0.15, 0.2) is 22.8 Å². The van der Waals surface area contributed by atoms with E-state index in [1.54, 1.807) is 6.26 Å². The van der Waals surface area contributed by atoms with Gasteiger partial charge in [0.05, 0.1) is 12.8 Å². The van der Waals surface area contributed by atoms with E-state index >= 15 is 0 Å². The van der Waals surface area contributed by atoms with Gasteiger partial charge in [-0.2, -0.15) is 0 Å². The van der Waals surface area contributed by atoms with Gasteiger partial charge in [-0.15, -0.1) is 0 Å². The average Bonchev–Trinajstić information content (AvgIpc) is 2.86. The van der Waals surface area contributed by atoms with Crippen LogP contribution in [0.2, 0.25) is 0 Å². The SMILES string of the molecule is CCC(C)(C)NC(=O)CNC(C)CCc1ccco1. The Morgan fingerprint density at radius 2 is 2.21 bits per heavy atom. The van der Waals surface area contributed by atoms with Crippen LogP contribution in [-0.2, 0) is 11.2 Å². The van der Waals surface area contributed by atoms with Gasteiger partial charge in [-0.25, -0.2) is 0 Å². The summed E-state index contributed by atoms with van der Waals surface area (Å²) in [7, 11) is 0. The molecule has 108 valence electrons. The number of aryl methyl sites for hydroxylation is 1. The molecule has 0 aromatic carbocycles. The van der Waals surface area contributed by atoms with Gasteiger partial charge in [0.25, 0.3) is 0 Å². The number of carbonyl (C=O) groups excluding carboxylic acids is 1. The van der Waals surface area contributed by atoms with Gasteiger partial charge in [0.2, 0.25) is 5.91 Å². The number of rotatable bonds is 8. The Labute approximate surface area is 116 Å². The van der Waals surface area contributed by atoms with Crippen LogP contribution in [0.5, 0.6) is 0 Å². The van der Waals surface area contributed by atoms with Crippen molar-refractivity contribution in [3.63, 3.8) is 0 Å². The van der Waals surface area contributed by atoms with E-state index in [1.165, 1.54) is 0 Å². The van der Waals surface area contributed by atoms with Gasteiger partial charge in [0, 0.05) is 18.0 Å². The maximum atomic E-state index is 11.8. The first kappa shape index (κ1) is 15.8. The van der Waals surface area contributed by atoms with E-state index < -0.39 is 0 Å². The molecule has 0 fully saturated rings. The number of furan rings is 1. The Hall–Kier alpha value is -1.29. The zero-order chi connectivity index (χ0) is 14.3. The summed E-state index contributed by atoms with van der Waals surface area (Å²) in [5.41, 5.74) is -0.129. The lowest BCUT2D eigenvalue weighted by molar-refractivity contribution is -0.122. The van der Waals surface area contributed by atoms with Crippen molar-refractivity contribution in [3.8, 4) is 0 Å². The minimum absolute atomic E-state index is 0.0525. The lowest BCUT2D eigenvalue weighted by Gasteiger charge is -2.25. The molecule has 1 aromatic rings. The molecular weight excluding hydrogens is 240 g/mol. The zero-order valence-corrected chi connectivity index (χ0v) is 12.5. The van der Waals surface area contributed by atoms with E-state index in [4.69, 9.17) is 4.42 Å². The molecule has 1 atom stereocenters. The van der Waals surface area contributed by atoms with E-state index in [1.807, 2.05) is 26.0 Å². The predicted molar refractivity (Wildman–Crippen MR) is 77.0 cm³/mol. The van der Waals surface area contributed by atoms with Gasteiger partial charge >= 0.3 is 0 Å². The highest BCUT2D eigenvalue weighted by Gasteiger charge is 2.17. The van der Waals surface area contributed by atoms with E-state index in [2.05, 4.69) is 24.5 Å². The Kier molecular flexibility index (Phi) is 6.09. The normalized spacial score (nSPS) is 13.3. The topological polar surface area (TPSA) is 54.3 Å². The summed E-state index contributed by atoms with van der Waals surface area (Å²) in [5.74, 6) is 1.04. The summed E-state index contributed by atoms with van der Waals surface area (Å²) >= 11 is 0. The van der Waals surface area contributed by atoms with Crippen LogP contribution in [-0.4, -0.2) is 24.0 Å². The molecule has 2 N–H and O–H groups in total. The number of nitrogens with one attached hydrogen (secondary N) is 2. The summed E-state index contributed by atoms with van der Waals surface area (Å²) in [6.45, 7) is 8.58. The largest absolute Gasteiger partial charge is 0.469 e. The quantitative estimate of drug-likeness (QED) is 0.760. The molecule has 0 aliphatic heterocycles. The first-order valence-corrected chi connectivity index (χ1v) is 6.99. The first-order valence-electron chi connectivity index (χ1n) is 6.99. The summed E-state index contributed by atoms with van der Waals surface area (Å²) in [6, 6.07) is 4.16. The molecule has 0 aliphatic rings. The fourth-order valence-electron chi connectivity index (χ4n) is 1.69. The monoisotopic (exact) mass is 266 g/mol. The lowest BCUT2D eigenvalue weighted by Crippen LogP contribution is -2.47. The minimum Gasteiger partial charge on any atom is -0.469 e. The molecule has 0 radical (unpaired) electrons. The van der Waals surface area contributed by atoms with Gasteiger partial charge in [0.15, 0.2) is 0 Å². The van der Waals surface area contributed by atoms with Crippen LogP contribution in [0.3, 0.4) is 0 Å². The molecule has 4 heteroatoms. The Morgan fingerprint density at radius 3 is 2.79 bits per heavy atom. The summed E-state index contributed by atoms with van der Waals surface area (Å²) in [5, 5.41) is 6.25. The van der Waals surface area contributed by atoms with Crippen LogP contribution >= 0.6 is 0 Å². The standard InChI is InChI=1S/C15H26N2O2/c1-5-15(3,4)17-14(18)11-16-12(2)8-9-13-7-6-10-19-13/h6-7,10,12,16H,5,8-9,11H2,1-4H3,(H,17,18). The van der Waals surface area contributed by atoms with E-state index in [0.29, 0.717) is 12.6 Å². The number of hydrogen-bond acceptors (Lipinski definition) is 3. The van der Waals surface area contributed by atoms with Gasteiger partial charge in [-0.3, -0.25) is 4.79 Å². The summed E-state index contributed by atoms with van der Waals surface area (Å²) < 4.78 is 5.28. The molecule has 0 saturated heterocycles. The van der Waals surface area contributed by atoms with E-state index in [9.17, 15) is 4.79 Å². The maximum Gasteiger partial charge on any atom is 0.234 e. The Morgan fingerprint density at radius 1 is 1.47 bits per heavy atom. The molecular formula is C15H26N2O2. The average molecular weight is 266 g/mol. The molecule has 0 saturated carbocycles. The van der Waals surface area contributed by atoms with Gasteiger partial charge in [-0.1, -0.05) is 6.92 Å². The summed E-state index contributed by atoms with van der Waals surface area (Å²) in [4.78, 5) is 11.8. The van der Waals surface area contributed by atoms with Crippen molar-refractivity contribution in [1.29, 1.82) is 0 Å². The molecule has 0 aliphatic carbocycles. The number of carbonyl (C=O) groups is 1. The predicted octanol–water partition coefficient (Wildman–Crippen LogP) is 2.50. The molecule has 1 rings (SSSR count). The van der Waals surface area contributed by atoms with Crippen LogP contribution in [0.4, 0.5) is 0 Å². The Balaban J connectivity index is 2.19.